The molecule has 2 aliphatic rings. The summed E-state index contributed by atoms with van der Waals surface area (Å²) in [6, 6.07) is 17.5. The first-order chi connectivity index (χ1) is 9.86. The van der Waals surface area contributed by atoms with Gasteiger partial charge in [-0.05, 0) is 29.2 Å². The molecule has 2 aromatic carbocycles. The van der Waals surface area contributed by atoms with Crippen LogP contribution < -0.4 is 10.8 Å². The maximum atomic E-state index is 6.09. The molecule has 102 valence electrons. The summed E-state index contributed by atoms with van der Waals surface area (Å²) < 4.78 is 0. The van der Waals surface area contributed by atoms with Crippen molar-refractivity contribution in [1.29, 1.82) is 0 Å². The smallest absolute Gasteiger partial charge is 0.100 e. The van der Waals surface area contributed by atoms with Gasteiger partial charge in [0.2, 0.25) is 0 Å². The van der Waals surface area contributed by atoms with E-state index in [0.29, 0.717) is 6.54 Å². The van der Waals surface area contributed by atoms with Gasteiger partial charge in [-0.25, -0.2) is 5.06 Å². The lowest BCUT2D eigenvalue weighted by molar-refractivity contribution is 0.0891. The fourth-order valence-corrected chi connectivity index (χ4v) is 3.34. The maximum Gasteiger partial charge on any atom is 0.100 e. The number of fused-ring (bicyclic) bond motifs is 5. The van der Waals surface area contributed by atoms with Crippen LogP contribution in [0, 0.1) is 0 Å². The van der Waals surface area contributed by atoms with Crippen molar-refractivity contribution in [3.05, 3.63) is 65.2 Å². The largest absolute Gasteiger partial charge is 0.328 e. The molecule has 4 rings (SSSR count). The van der Waals surface area contributed by atoms with Crippen LogP contribution in [-0.2, 0) is 11.3 Å². The van der Waals surface area contributed by atoms with Crippen LogP contribution in [0.3, 0.4) is 0 Å². The number of hydroxylamine groups is 1. The summed E-state index contributed by atoms with van der Waals surface area (Å²) in [6.45, 7) is 0.567. The van der Waals surface area contributed by atoms with Crippen LogP contribution in [0.25, 0.3) is 0 Å². The summed E-state index contributed by atoms with van der Waals surface area (Å²) in [5, 5.41) is 2.08. The van der Waals surface area contributed by atoms with Gasteiger partial charge >= 0.3 is 0 Å². The number of rotatable bonds is 1. The van der Waals surface area contributed by atoms with E-state index in [1.54, 1.807) is 0 Å². The average Bonchev–Trinajstić information content (AvgIpc) is 2.87. The highest BCUT2D eigenvalue weighted by Gasteiger charge is 2.37. The Morgan fingerprint density at radius 1 is 1.05 bits per heavy atom. The topological polar surface area (TPSA) is 38.5 Å². The zero-order valence-corrected chi connectivity index (χ0v) is 11.3. The van der Waals surface area contributed by atoms with Crippen LogP contribution >= 0.6 is 0 Å². The van der Waals surface area contributed by atoms with Crippen LogP contribution in [0.4, 0.5) is 5.69 Å². The number of hydrogen-bond donors (Lipinski definition) is 1. The second-order valence-corrected chi connectivity index (χ2v) is 5.54. The third-order valence-corrected chi connectivity index (χ3v) is 4.32. The van der Waals surface area contributed by atoms with Gasteiger partial charge in [0.15, 0.2) is 0 Å². The van der Waals surface area contributed by atoms with E-state index < -0.39 is 0 Å². The van der Waals surface area contributed by atoms with Gasteiger partial charge in [-0.15, -0.1) is 0 Å². The van der Waals surface area contributed by atoms with Gasteiger partial charge in [-0.2, -0.15) is 0 Å². The Labute approximate surface area is 118 Å². The van der Waals surface area contributed by atoms with Crippen LogP contribution in [0.5, 0.6) is 0 Å². The predicted octanol–water partition coefficient (Wildman–Crippen LogP) is 2.80. The minimum atomic E-state index is 0.110. The van der Waals surface area contributed by atoms with E-state index >= 15 is 0 Å². The Bertz CT molecular complexity index is 587. The van der Waals surface area contributed by atoms with E-state index in [-0.39, 0.29) is 12.1 Å². The minimum Gasteiger partial charge on any atom is -0.328 e. The van der Waals surface area contributed by atoms with Gasteiger partial charge in [-0.3, -0.25) is 4.84 Å². The van der Waals surface area contributed by atoms with E-state index in [4.69, 9.17) is 10.6 Å². The Balaban J connectivity index is 1.89. The molecule has 0 aromatic heterocycles. The van der Waals surface area contributed by atoms with Gasteiger partial charge in [0.1, 0.15) is 6.10 Å². The lowest BCUT2D eigenvalue weighted by Crippen LogP contribution is -2.24. The van der Waals surface area contributed by atoms with Gasteiger partial charge in [0.25, 0.3) is 0 Å². The zero-order chi connectivity index (χ0) is 13.5. The third-order valence-electron chi connectivity index (χ3n) is 4.32. The quantitative estimate of drug-likeness (QED) is 0.862. The molecule has 0 bridgehead atoms. The lowest BCUT2D eigenvalue weighted by Gasteiger charge is -2.25. The molecule has 1 fully saturated rings. The fourth-order valence-electron chi connectivity index (χ4n) is 3.34. The highest BCUT2D eigenvalue weighted by atomic mass is 16.7. The molecular weight excluding hydrogens is 248 g/mol. The minimum absolute atomic E-state index is 0.110. The first kappa shape index (κ1) is 11.9. The normalized spacial score (nSPS) is 23.8. The SMILES string of the molecule is NC[C@H]1C[C@@H]2c3ccccc3Cc3ccccc3N2O1. The molecule has 0 amide bonds. The first-order valence-corrected chi connectivity index (χ1v) is 7.18. The Hall–Kier alpha value is -1.84. The van der Waals surface area contributed by atoms with Crippen molar-refractivity contribution in [2.24, 2.45) is 5.73 Å². The predicted molar refractivity (Wildman–Crippen MR) is 79.5 cm³/mol. The van der Waals surface area contributed by atoms with E-state index in [1.807, 2.05) is 0 Å². The van der Waals surface area contributed by atoms with Crippen molar-refractivity contribution in [3.63, 3.8) is 0 Å². The number of para-hydroxylation sites is 1. The van der Waals surface area contributed by atoms with Gasteiger partial charge in [0, 0.05) is 13.0 Å². The molecule has 2 heterocycles. The fraction of sp³-hybridized carbons (Fsp3) is 0.294. The average molecular weight is 266 g/mol. The molecule has 0 radical (unpaired) electrons. The summed E-state index contributed by atoms with van der Waals surface area (Å²) in [5.74, 6) is 0. The molecule has 3 nitrogen and oxygen atoms in total. The summed E-state index contributed by atoms with van der Waals surface area (Å²) >= 11 is 0. The highest BCUT2D eigenvalue weighted by molar-refractivity contribution is 5.59. The molecule has 0 spiro atoms. The van der Waals surface area contributed by atoms with E-state index in [2.05, 4.69) is 53.6 Å². The summed E-state index contributed by atoms with van der Waals surface area (Å²) in [6.07, 6.45) is 2.04. The number of nitrogens with two attached hydrogens (primary N) is 1. The summed E-state index contributed by atoms with van der Waals surface area (Å²) in [4.78, 5) is 6.09. The molecular formula is C17H18N2O. The number of benzene rings is 2. The van der Waals surface area contributed by atoms with Crippen molar-refractivity contribution in [1.82, 2.24) is 0 Å². The molecule has 0 aliphatic carbocycles. The van der Waals surface area contributed by atoms with Crippen LogP contribution in [-0.4, -0.2) is 12.6 Å². The standard InChI is InChI=1S/C17H18N2O/c18-11-14-10-17-15-7-3-1-5-12(15)9-13-6-2-4-8-16(13)19(17)20-14/h1-8,14,17H,9-11,18H2/t14-,17-/m1/s1. The third kappa shape index (κ3) is 1.74. The second-order valence-electron chi connectivity index (χ2n) is 5.54. The Morgan fingerprint density at radius 2 is 1.80 bits per heavy atom. The zero-order valence-electron chi connectivity index (χ0n) is 11.3. The van der Waals surface area contributed by atoms with Gasteiger partial charge < -0.3 is 5.73 Å². The maximum absolute atomic E-state index is 6.09. The van der Waals surface area contributed by atoms with Crippen molar-refractivity contribution in [2.45, 2.75) is 25.0 Å². The second kappa shape index (κ2) is 4.62. The van der Waals surface area contributed by atoms with Crippen molar-refractivity contribution in [2.75, 3.05) is 11.6 Å². The summed E-state index contributed by atoms with van der Waals surface area (Å²) in [5.41, 5.74) is 11.1. The first-order valence-electron chi connectivity index (χ1n) is 7.18. The van der Waals surface area contributed by atoms with E-state index in [9.17, 15) is 0 Å². The molecule has 2 aromatic rings. The molecule has 1 saturated heterocycles. The van der Waals surface area contributed by atoms with Crippen molar-refractivity contribution in [3.8, 4) is 0 Å². The van der Waals surface area contributed by atoms with E-state index in [1.165, 1.54) is 22.4 Å². The monoisotopic (exact) mass is 266 g/mol. The van der Waals surface area contributed by atoms with E-state index in [0.717, 1.165) is 12.8 Å². The van der Waals surface area contributed by atoms with Crippen molar-refractivity contribution < 1.29 is 4.84 Å². The molecule has 3 heteroatoms. The Kier molecular flexibility index (Phi) is 2.76. The Morgan fingerprint density at radius 3 is 2.65 bits per heavy atom. The van der Waals surface area contributed by atoms with Crippen LogP contribution in [0.2, 0.25) is 0 Å². The number of hydrogen-bond acceptors (Lipinski definition) is 3. The van der Waals surface area contributed by atoms with Crippen molar-refractivity contribution >= 4 is 5.69 Å². The molecule has 2 aliphatic heterocycles. The molecule has 0 saturated carbocycles. The lowest BCUT2D eigenvalue weighted by atomic mass is 9.95. The molecule has 2 N–H and O–H groups in total. The van der Waals surface area contributed by atoms with Gasteiger partial charge in [-0.1, -0.05) is 42.5 Å². The highest BCUT2D eigenvalue weighted by Crippen LogP contribution is 2.43. The molecule has 20 heavy (non-hydrogen) atoms. The van der Waals surface area contributed by atoms with Gasteiger partial charge in [0.05, 0.1) is 11.7 Å². The van der Waals surface area contributed by atoms with Crippen LogP contribution in [0.15, 0.2) is 48.5 Å². The summed E-state index contributed by atoms with van der Waals surface area (Å²) in [7, 11) is 0. The number of nitrogens with zero attached hydrogens (tertiary/aromatic N) is 1. The number of anilines is 1. The molecule has 2 atom stereocenters. The van der Waals surface area contributed by atoms with Crippen LogP contribution in [0.1, 0.15) is 29.2 Å². The molecule has 0 unspecified atom stereocenters.